The lowest BCUT2D eigenvalue weighted by atomic mass is 10.0. The van der Waals surface area contributed by atoms with E-state index in [2.05, 4.69) is 15.3 Å². The lowest BCUT2D eigenvalue weighted by molar-refractivity contribution is 0.260. The zero-order chi connectivity index (χ0) is 10.6. The van der Waals surface area contributed by atoms with E-state index >= 15 is 0 Å². The second-order valence-corrected chi connectivity index (χ2v) is 3.81. The van der Waals surface area contributed by atoms with E-state index in [-0.39, 0.29) is 12.1 Å². The first-order chi connectivity index (χ1) is 6.53. The highest BCUT2D eigenvalue weighted by Crippen LogP contribution is 2.15. The molecule has 0 spiro atoms. The Balaban J connectivity index is 2.68. The SMILES string of the molecule is CC(C)(CCO)Nc1cncc(N)n1. The van der Waals surface area contributed by atoms with Crippen molar-refractivity contribution in [2.75, 3.05) is 17.7 Å². The first-order valence-corrected chi connectivity index (χ1v) is 4.50. The van der Waals surface area contributed by atoms with Crippen molar-refractivity contribution in [1.29, 1.82) is 0 Å². The van der Waals surface area contributed by atoms with Gasteiger partial charge >= 0.3 is 0 Å². The van der Waals surface area contributed by atoms with Crippen LogP contribution in [0.4, 0.5) is 11.6 Å². The summed E-state index contributed by atoms with van der Waals surface area (Å²) in [7, 11) is 0. The van der Waals surface area contributed by atoms with Crippen molar-refractivity contribution in [2.45, 2.75) is 25.8 Å². The average molecular weight is 196 g/mol. The molecule has 1 aromatic heterocycles. The summed E-state index contributed by atoms with van der Waals surface area (Å²) in [5, 5.41) is 12.0. The van der Waals surface area contributed by atoms with E-state index in [4.69, 9.17) is 10.8 Å². The monoisotopic (exact) mass is 196 g/mol. The quantitative estimate of drug-likeness (QED) is 0.657. The van der Waals surface area contributed by atoms with Crippen LogP contribution in [0.25, 0.3) is 0 Å². The second-order valence-electron chi connectivity index (χ2n) is 3.81. The zero-order valence-electron chi connectivity index (χ0n) is 8.49. The van der Waals surface area contributed by atoms with Crippen molar-refractivity contribution in [3.8, 4) is 0 Å². The molecular formula is C9H16N4O. The van der Waals surface area contributed by atoms with Gasteiger partial charge in [0, 0.05) is 12.1 Å². The van der Waals surface area contributed by atoms with Crippen LogP contribution >= 0.6 is 0 Å². The molecule has 5 nitrogen and oxygen atoms in total. The molecule has 0 bridgehead atoms. The van der Waals surface area contributed by atoms with Gasteiger partial charge in [-0.15, -0.1) is 0 Å². The maximum atomic E-state index is 8.83. The highest BCUT2D eigenvalue weighted by Gasteiger charge is 2.16. The smallest absolute Gasteiger partial charge is 0.147 e. The predicted molar refractivity (Wildman–Crippen MR) is 55.8 cm³/mol. The van der Waals surface area contributed by atoms with E-state index in [0.29, 0.717) is 18.1 Å². The van der Waals surface area contributed by atoms with E-state index < -0.39 is 0 Å². The Bertz CT molecular complexity index is 301. The summed E-state index contributed by atoms with van der Waals surface area (Å²) < 4.78 is 0. The van der Waals surface area contributed by atoms with Crippen molar-refractivity contribution in [3.63, 3.8) is 0 Å². The van der Waals surface area contributed by atoms with Crippen molar-refractivity contribution >= 4 is 11.6 Å². The normalized spacial score (nSPS) is 11.4. The third kappa shape index (κ3) is 3.18. The Hall–Kier alpha value is -1.36. The number of rotatable bonds is 4. The molecule has 1 rings (SSSR count). The van der Waals surface area contributed by atoms with E-state index in [1.54, 1.807) is 6.20 Å². The van der Waals surface area contributed by atoms with E-state index in [9.17, 15) is 0 Å². The molecule has 4 N–H and O–H groups in total. The Morgan fingerprint density at radius 2 is 2.21 bits per heavy atom. The molecule has 14 heavy (non-hydrogen) atoms. The maximum absolute atomic E-state index is 8.83. The van der Waals surface area contributed by atoms with Crippen molar-refractivity contribution in [2.24, 2.45) is 0 Å². The number of nitrogens with one attached hydrogen (secondary N) is 1. The summed E-state index contributed by atoms with van der Waals surface area (Å²) in [6, 6.07) is 0. The van der Waals surface area contributed by atoms with Gasteiger partial charge in [-0.2, -0.15) is 0 Å². The molecular weight excluding hydrogens is 180 g/mol. The molecule has 0 fully saturated rings. The summed E-state index contributed by atoms with van der Waals surface area (Å²) in [5.74, 6) is 1.01. The Labute approximate surface area is 83.4 Å². The molecule has 0 aliphatic rings. The minimum atomic E-state index is -0.211. The third-order valence-corrected chi connectivity index (χ3v) is 1.86. The van der Waals surface area contributed by atoms with Crippen LogP contribution in [-0.4, -0.2) is 27.2 Å². The Kier molecular flexibility index (Phi) is 3.24. The molecule has 0 radical (unpaired) electrons. The van der Waals surface area contributed by atoms with Gasteiger partial charge in [0.25, 0.3) is 0 Å². The van der Waals surface area contributed by atoms with E-state index in [1.165, 1.54) is 6.20 Å². The van der Waals surface area contributed by atoms with Gasteiger partial charge in [0.05, 0.1) is 12.4 Å². The van der Waals surface area contributed by atoms with E-state index in [0.717, 1.165) is 0 Å². The lowest BCUT2D eigenvalue weighted by Gasteiger charge is -2.25. The Morgan fingerprint density at radius 1 is 1.50 bits per heavy atom. The average Bonchev–Trinajstić information content (AvgIpc) is 2.02. The van der Waals surface area contributed by atoms with Gasteiger partial charge < -0.3 is 16.2 Å². The number of hydrogen-bond acceptors (Lipinski definition) is 5. The lowest BCUT2D eigenvalue weighted by Crippen LogP contribution is -2.32. The molecule has 0 amide bonds. The summed E-state index contributed by atoms with van der Waals surface area (Å²) >= 11 is 0. The molecule has 0 aliphatic heterocycles. The summed E-state index contributed by atoms with van der Waals surface area (Å²) in [6.45, 7) is 4.10. The van der Waals surface area contributed by atoms with Gasteiger partial charge in [-0.05, 0) is 20.3 Å². The van der Waals surface area contributed by atoms with Gasteiger partial charge in [-0.25, -0.2) is 4.98 Å². The van der Waals surface area contributed by atoms with Crippen LogP contribution in [0.2, 0.25) is 0 Å². The van der Waals surface area contributed by atoms with Crippen LogP contribution in [0.1, 0.15) is 20.3 Å². The maximum Gasteiger partial charge on any atom is 0.147 e. The molecule has 0 saturated carbocycles. The fourth-order valence-corrected chi connectivity index (χ4v) is 1.13. The van der Waals surface area contributed by atoms with Crippen LogP contribution in [0.15, 0.2) is 12.4 Å². The third-order valence-electron chi connectivity index (χ3n) is 1.86. The molecule has 0 saturated heterocycles. The largest absolute Gasteiger partial charge is 0.396 e. The van der Waals surface area contributed by atoms with Crippen LogP contribution in [0.5, 0.6) is 0 Å². The standard InChI is InChI=1S/C9H16N4O/c1-9(2,3-4-14)13-8-6-11-5-7(10)12-8/h5-6,14H,3-4H2,1-2H3,(H3,10,12,13). The molecule has 1 heterocycles. The number of anilines is 2. The zero-order valence-corrected chi connectivity index (χ0v) is 8.49. The van der Waals surface area contributed by atoms with Gasteiger partial charge in [0.15, 0.2) is 0 Å². The second kappa shape index (κ2) is 4.23. The van der Waals surface area contributed by atoms with Crippen LogP contribution in [-0.2, 0) is 0 Å². The number of nitrogens with zero attached hydrogens (tertiary/aromatic N) is 2. The molecule has 78 valence electrons. The molecule has 0 atom stereocenters. The molecule has 0 unspecified atom stereocenters. The van der Waals surface area contributed by atoms with Crippen molar-refractivity contribution in [1.82, 2.24) is 9.97 Å². The van der Waals surface area contributed by atoms with Crippen molar-refractivity contribution in [3.05, 3.63) is 12.4 Å². The number of aliphatic hydroxyl groups is 1. The number of nitrogens with two attached hydrogens (primary N) is 1. The summed E-state index contributed by atoms with van der Waals surface area (Å²) in [5.41, 5.74) is 5.28. The van der Waals surface area contributed by atoms with Crippen molar-refractivity contribution < 1.29 is 5.11 Å². The molecule has 1 aromatic rings. The number of aliphatic hydroxyl groups excluding tert-OH is 1. The predicted octanol–water partition coefficient (Wildman–Crippen LogP) is 0.632. The van der Waals surface area contributed by atoms with Gasteiger partial charge in [-0.1, -0.05) is 0 Å². The molecule has 5 heteroatoms. The van der Waals surface area contributed by atoms with Crippen LogP contribution < -0.4 is 11.1 Å². The van der Waals surface area contributed by atoms with E-state index in [1.807, 2.05) is 13.8 Å². The highest BCUT2D eigenvalue weighted by atomic mass is 16.3. The first-order valence-electron chi connectivity index (χ1n) is 4.50. The molecule has 0 aromatic carbocycles. The number of nitrogen functional groups attached to an aromatic ring is 1. The minimum Gasteiger partial charge on any atom is -0.396 e. The van der Waals surface area contributed by atoms with Gasteiger partial charge in [-0.3, -0.25) is 4.98 Å². The highest BCUT2D eigenvalue weighted by molar-refractivity contribution is 5.40. The first kappa shape index (κ1) is 10.7. The number of hydrogen-bond donors (Lipinski definition) is 3. The summed E-state index contributed by atoms with van der Waals surface area (Å²) in [4.78, 5) is 7.98. The minimum absolute atomic E-state index is 0.135. The fraction of sp³-hybridized carbons (Fsp3) is 0.556. The van der Waals surface area contributed by atoms with Gasteiger partial charge in [0.1, 0.15) is 11.6 Å². The van der Waals surface area contributed by atoms with Crippen LogP contribution in [0, 0.1) is 0 Å². The Morgan fingerprint density at radius 3 is 2.79 bits per heavy atom. The molecule has 0 aliphatic carbocycles. The number of aromatic nitrogens is 2. The fourth-order valence-electron chi connectivity index (χ4n) is 1.13. The van der Waals surface area contributed by atoms with Crippen LogP contribution in [0.3, 0.4) is 0 Å². The van der Waals surface area contributed by atoms with Gasteiger partial charge in [0.2, 0.25) is 0 Å². The topological polar surface area (TPSA) is 84.1 Å². The summed E-state index contributed by atoms with van der Waals surface area (Å²) in [6.07, 6.45) is 3.74.